The molecule has 0 saturated carbocycles. The maximum atomic E-state index is 12.5. The van der Waals surface area contributed by atoms with Crippen molar-refractivity contribution in [2.75, 3.05) is 40.9 Å². The summed E-state index contributed by atoms with van der Waals surface area (Å²) in [6.07, 6.45) is 0.919. The van der Waals surface area contributed by atoms with Crippen LogP contribution in [0.25, 0.3) is 0 Å². The summed E-state index contributed by atoms with van der Waals surface area (Å²) >= 11 is 0. The molecule has 1 aromatic carbocycles. The summed E-state index contributed by atoms with van der Waals surface area (Å²) in [4.78, 5) is 16.3. The van der Waals surface area contributed by atoms with Crippen LogP contribution in [0.2, 0.25) is 0 Å². The van der Waals surface area contributed by atoms with E-state index < -0.39 is 0 Å². The minimum Gasteiger partial charge on any atom is -0.380 e. The zero-order valence-electron chi connectivity index (χ0n) is 13.7. The maximum Gasteiger partial charge on any atom is 0.239 e. The van der Waals surface area contributed by atoms with Crippen molar-refractivity contribution in [2.24, 2.45) is 0 Å². The predicted octanol–water partition coefficient (Wildman–Crippen LogP) is 1.38. The summed E-state index contributed by atoms with van der Waals surface area (Å²) in [5.41, 5.74) is 1.15. The number of benzene rings is 1. The minimum absolute atomic E-state index is 0.0796. The summed E-state index contributed by atoms with van der Waals surface area (Å²) in [5.74, 6) is 0.144. The summed E-state index contributed by atoms with van der Waals surface area (Å²) in [6, 6.07) is 9.97. The van der Waals surface area contributed by atoms with Gasteiger partial charge in [0.1, 0.15) is 0 Å². The van der Waals surface area contributed by atoms with E-state index >= 15 is 0 Å². The van der Waals surface area contributed by atoms with Crippen molar-refractivity contribution in [3.8, 4) is 0 Å². The molecule has 0 unspecified atom stereocenters. The second-order valence-electron chi connectivity index (χ2n) is 5.85. The van der Waals surface area contributed by atoms with Crippen molar-refractivity contribution in [1.82, 2.24) is 9.80 Å². The molecule has 0 aromatic heterocycles. The first-order chi connectivity index (χ1) is 10.6. The minimum atomic E-state index is -0.0796. The average molecular weight is 306 g/mol. The lowest BCUT2D eigenvalue weighted by atomic mass is 10.2. The monoisotopic (exact) mass is 306 g/mol. The first-order valence-corrected chi connectivity index (χ1v) is 7.71. The van der Waals surface area contributed by atoms with Gasteiger partial charge in [-0.1, -0.05) is 30.3 Å². The zero-order chi connectivity index (χ0) is 15.9. The van der Waals surface area contributed by atoms with Gasteiger partial charge in [-0.15, -0.1) is 0 Å². The average Bonchev–Trinajstić information content (AvgIpc) is 2.92. The van der Waals surface area contributed by atoms with Crippen molar-refractivity contribution >= 4 is 5.91 Å². The Morgan fingerprint density at radius 3 is 2.73 bits per heavy atom. The van der Waals surface area contributed by atoms with Crippen LogP contribution in [0, 0.1) is 0 Å². The molecular weight excluding hydrogens is 280 g/mol. The Labute approximate surface area is 132 Å². The fraction of sp³-hybridized carbons (Fsp3) is 0.588. The van der Waals surface area contributed by atoms with Gasteiger partial charge in [0.15, 0.2) is 0 Å². The van der Waals surface area contributed by atoms with Gasteiger partial charge in [-0.3, -0.25) is 9.69 Å². The normalized spacial score (nSPS) is 22.0. The highest BCUT2D eigenvalue weighted by atomic mass is 16.5. The number of carbonyl (C=O) groups excluding carboxylic acids is 1. The number of likely N-dealkylation sites (N-methyl/N-ethyl adjacent to an activating group) is 2. The third kappa shape index (κ3) is 4.53. The van der Waals surface area contributed by atoms with E-state index in [1.165, 1.54) is 0 Å². The highest BCUT2D eigenvalue weighted by Gasteiger charge is 2.35. The van der Waals surface area contributed by atoms with Crippen LogP contribution >= 0.6 is 0 Å². The standard InChI is InChI=1S/C17H26N2O3/c1-18(9-10-22-13-14-7-5-4-6-8-14)17(20)16-11-15(21-3)12-19(16)2/h4-8,15-16H,9-13H2,1-3H3/t15-,16-/m0/s1. The van der Waals surface area contributed by atoms with E-state index in [1.807, 2.05) is 44.4 Å². The SMILES string of the molecule is CO[C@H]1C[C@@H](C(=O)N(C)CCOCc2ccccc2)N(C)C1. The van der Waals surface area contributed by atoms with E-state index in [1.54, 1.807) is 12.0 Å². The first-order valence-electron chi connectivity index (χ1n) is 7.71. The van der Waals surface area contributed by atoms with Crippen LogP contribution in [0.5, 0.6) is 0 Å². The van der Waals surface area contributed by atoms with Crippen LogP contribution in [-0.2, 0) is 20.9 Å². The third-order valence-electron chi connectivity index (χ3n) is 4.19. The van der Waals surface area contributed by atoms with Crippen LogP contribution < -0.4 is 0 Å². The van der Waals surface area contributed by atoms with E-state index in [9.17, 15) is 4.79 Å². The molecule has 2 rings (SSSR count). The van der Waals surface area contributed by atoms with E-state index in [-0.39, 0.29) is 18.1 Å². The number of hydrogen-bond acceptors (Lipinski definition) is 4. The number of methoxy groups -OCH3 is 1. The number of amides is 1. The summed E-state index contributed by atoms with van der Waals surface area (Å²) in [5, 5.41) is 0. The van der Waals surface area contributed by atoms with Gasteiger partial charge >= 0.3 is 0 Å². The Balaban J connectivity index is 1.70. The molecule has 1 heterocycles. The molecule has 2 atom stereocenters. The Hall–Kier alpha value is -1.43. The lowest BCUT2D eigenvalue weighted by molar-refractivity contribution is -0.135. The topological polar surface area (TPSA) is 42.0 Å². The lowest BCUT2D eigenvalue weighted by Gasteiger charge is -2.24. The number of hydrogen-bond donors (Lipinski definition) is 0. The molecule has 22 heavy (non-hydrogen) atoms. The molecule has 1 aromatic rings. The Kier molecular flexibility index (Phi) is 6.36. The van der Waals surface area contributed by atoms with Gasteiger partial charge in [0.2, 0.25) is 5.91 Å². The number of likely N-dealkylation sites (tertiary alicyclic amines) is 1. The zero-order valence-corrected chi connectivity index (χ0v) is 13.7. The van der Waals surface area contributed by atoms with Crippen molar-refractivity contribution in [3.05, 3.63) is 35.9 Å². The number of rotatable bonds is 7. The quantitative estimate of drug-likeness (QED) is 0.714. The van der Waals surface area contributed by atoms with E-state index in [0.29, 0.717) is 19.8 Å². The molecule has 0 aliphatic carbocycles. The molecule has 1 saturated heterocycles. The fourth-order valence-electron chi connectivity index (χ4n) is 2.74. The van der Waals surface area contributed by atoms with Crippen LogP contribution in [0.15, 0.2) is 30.3 Å². The largest absolute Gasteiger partial charge is 0.380 e. The molecule has 0 N–H and O–H groups in total. The smallest absolute Gasteiger partial charge is 0.239 e. The van der Waals surface area contributed by atoms with Crippen molar-refractivity contribution in [3.63, 3.8) is 0 Å². The molecule has 1 aliphatic rings. The molecule has 1 amide bonds. The van der Waals surface area contributed by atoms with Crippen molar-refractivity contribution in [2.45, 2.75) is 25.2 Å². The van der Waals surface area contributed by atoms with Gasteiger partial charge < -0.3 is 14.4 Å². The molecular formula is C17H26N2O3. The summed E-state index contributed by atoms with van der Waals surface area (Å²) < 4.78 is 11.0. The predicted molar refractivity (Wildman–Crippen MR) is 85.6 cm³/mol. The van der Waals surface area contributed by atoms with Crippen LogP contribution in [-0.4, -0.2) is 68.8 Å². The van der Waals surface area contributed by atoms with E-state index in [0.717, 1.165) is 18.5 Å². The lowest BCUT2D eigenvalue weighted by Crippen LogP contribution is -2.43. The van der Waals surface area contributed by atoms with Crippen molar-refractivity contribution < 1.29 is 14.3 Å². The third-order valence-corrected chi connectivity index (χ3v) is 4.19. The number of nitrogens with zero attached hydrogens (tertiary/aromatic N) is 2. The first kappa shape index (κ1) is 16.9. The molecule has 0 spiro atoms. The molecule has 0 bridgehead atoms. The highest BCUT2D eigenvalue weighted by Crippen LogP contribution is 2.19. The van der Waals surface area contributed by atoms with Gasteiger partial charge in [0, 0.05) is 27.2 Å². The van der Waals surface area contributed by atoms with Gasteiger partial charge in [-0.2, -0.15) is 0 Å². The van der Waals surface area contributed by atoms with Crippen LogP contribution in [0.4, 0.5) is 0 Å². The Morgan fingerprint density at radius 1 is 1.36 bits per heavy atom. The highest BCUT2D eigenvalue weighted by molar-refractivity contribution is 5.82. The van der Waals surface area contributed by atoms with Crippen LogP contribution in [0.1, 0.15) is 12.0 Å². The van der Waals surface area contributed by atoms with Gasteiger partial charge in [-0.25, -0.2) is 0 Å². The Morgan fingerprint density at radius 2 is 2.09 bits per heavy atom. The summed E-state index contributed by atoms with van der Waals surface area (Å²) in [6.45, 7) is 2.54. The number of carbonyl (C=O) groups is 1. The molecule has 1 fully saturated rings. The summed E-state index contributed by atoms with van der Waals surface area (Å²) in [7, 11) is 5.51. The van der Waals surface area contributed by atoms with Gasteiger partial charge in [0.05, 0.1) is 25.4 Å². The molecule has 0 radical (unpaired) electrons. The fourth-order valence-corrected chi connectivity index (χ4v) is 2.74. The van der Waals surface area contributed by atoms with E-state index in [2.05, 4.69) is 4.90 Å². The Bertz CT molecular complexity index is 466. The maximum absolute atomic E-state index is 12.5. The van der Waals surface area contributed by atoms with E-state index in [4.69, 9.17) is 9.47 Å². The molecule has 1 aliphatic heterocycles. The van der Waals surface area contributed by atoms with Gasteiger partial charge in [-0.05, 0) is 19.0 Å². The molecule has 122 valence electrons. The molecule has 5 heteroatoms. The van der Waals surface area contributed by atoms with Crippen LogP contribution in [0.3, 0.4) is 0 Å². The van der Waals surface area contributed by atoms with Crippen molar-refractivity contribution in [1.29, 1.82) is 0 Å². The van der Waals surface area contributed by atoms with Gasteiger partial charge in [0.25, 0.3) is 0 Å². The molecule has 5 nitrogen and oxygen atoms in total. The number of ether oxygens (including phenoxy) is 2. The second-order valence-corrected chi connectivity index (χ2v) is 5.85. The second kappa shape index (κ2) is 8.27.